The number of benzene rings is 2. The predicted molar refractivity (Wildman–Crippen MR) is 123 cm³/mol. The summed E-state index contributed by atoms with van der Waals surface area (Å²) in [6.07, 6.45) is 2.04. The van der Waals surface area contributed by atoms with E-state index in [4.69, 9.17) is 0 Å². The van der Waals surface area contributed by atoms with Gasteiger partial charge in [0, 0.05) is 20.5 Å². The van der Waals surface area contributed by atoms with Crippen LogP contribution >= 0.6 is 22.6 Å². The van der Waals surface area contributed by atoms with Crippen LogP contribution in [0, 0.1) is 31.3 Å². The number of hydrogen-bond donors (Lipinski definition) is 1. The van der Waals surface area contributed by atoms with Crippen molar-refractivity contribution < 1.29 is 4.79 Å². The Labute approximate surface area is 179 Å². The Balaban J connectivity index is 1.72. The van der Waals surface area contributed by atoms with E-state index >= 15 is 0 Å². The minimum absolute atomic E-state index is 0.116. The monoisotopic (exact) mass is 485 g/mol. The van der Waals surface area contributed by atoms with Crippen molar-refractivity contribution >= 4 is 34.7 Å². The Hall–Kier alpha value is -2.41. The fraction of sp³-hybridized carbons (Fsp3) is 0.217. The number of hydrazone groups is 1. The number of rotatable bonds is 5. The van der Waals surface area contributed by atoms with Gasteiger partial charge in [-0.25, -0.2) is 5.43 Å². The number of carbonyl (C=O) groups excluding carboxylic acids is 1. The largest absolute Gasteiger partial charge is 0.317 e. The summed E-state index contributed by atoms with van der Waals surface area (Å²) < 4.78 is 3.40. The zero-order valence-electron chi connectivity index (χ0n) is 16.6. The molecule has 144 valence electrons. The summed E-state index contributed by atoms with van der Waals surface area (Å²) in [5.41, 5.74) is 10.4. The molecule has 0 unspecified atom stereocenters. The first-order chi connectivity index (χ1) is 13.4. The number of carbonyl (C=O) groups is 1. The van der Waals surface area contributed by atoms with E-state index in [2.05, 4.69) is 75.8 Å². The lowest BCUT2D eigenvalue weighted by molar-refractivity contribution is -0.120. The molecule has 0 aliphatic rings. The zero-order chi connectivity index (χ0) is 20.3. The average molecular weight is 485 g/mol. The summed E-state index contributed by atoms with van der Waals surface area (Å²) in [4.78, 5) is 12.2. The second-order valence-corrected chi connectivity index (χ2v) is 8.18. The van der Waals surface area contributed by atoms with Crippen LogP contribution in [0.15, 0.2) is 53.6 Å². The molecule has 1 heterocycles. The van der Waals surface area contributed by atoms with Crippen molar-refractivity contribution in [3.05, 3.63) is 85.7 Å². The highest BCUT2D eigenvalue weighted by atomic mass is 127. The van der Waals surface area contributed by atoms with Gasteiger partial charge in [-0.1, -0.05) is 35.9 Å². The topological polar surface area (TPSA) is 46.4 Å². The van der Waals surface area contributed by atoms with Crippen LogP contribution < -0.4 is 5.43 Å². The highest BCUT2D eigenvalue weighted by Gasteiger charge is 2.11. The maximum absolute atomic E-state index is 12.2. The SMILES string of the molecule is Cc1ccc(CC(=O)N/N=C\c2cc(C)n(-c3ccccc3I)c2C)c(C)c1. The molecule has 0 spiro atoms. The molecular weight excluding hydrogens is 461 g/mol. The Morgan fingerprint density at radius 3 is 2.57 bits per heavy atom. The number of nitrogens with zero attached hydrogens (tertiary/aromatic N) is 2. The molecule has 0 aliphatic carbocycles. The van der Waals surface area contributed by atoms with E-state index in [0.717, 1.165) is 33.8 Å². The molecule has 28 heavy (non-hydrogen) atoms. The van der Waals surface area contributed by atoms with Crippen molar-refractivity contribution in [1.82, 2.24) is 9.99 Å². The molecule has 0 atom stereocenters. The molecule has 0 fully saturated rings. The minimum Gasteiger partial charge on any atom is -0.317 e. The molecule has 5 heteroatoms. The maximum Gasteiger partial charge on any atom is 0.244 e. The van der Waals surface area contributed by atoms with Crippen molar-refractivity contribution in [1.29, 1.82) is 0 Å². The Kier molecular flexibility index (Phi) is 6.34. The summed E-state index contributed by atoms with van der Waals surface area (Å²) >= 11 is 2.35. The number of halogens is 1. The Morgan fingerprint density at radius 2 is 1.86 bits per heavy atom. The molecule has 0 saturated carbocycles. The normalized spacial score (nSPS) is 11.2. The van der Waals surface area contributed by atoms with Crippen molar-refractivity contribution in [2.75, 3.05) is 0 Å². The lowest BCUT2D eigenvalue weighted by atomic mass is 10.0. The number of nitrogens with one attached hydrogen (secondary N) is 1. The van der Waals surface area contributed by atoms with Gasteiger partial charge >= 0.3 is 0 Å². The van der Waals surface area contributed by atoms with Gasteiger partial charge in [-0.3, -0.25) is 4.79 Å². The van der Waals surface area contributed by atoms with Crippen molar-refractivity contribution in [2.45, 2.75) is 34.1 Å². The first-order valence-corrected chi connectivity index (χ1v) is 10.3. The standard InChI is InChI=1S/C23H24IN3O/c1-15-9-10-19(16(2)11-15)13-23(28)26-25-14-20-12-17(3)27(18(20)4)22-8-6-5-7-21(22)24/h5-12,14H,13H2,1-4H3,(H,26,28)/b25-14-. The van der Waals surface area contributed by atoms with E-state index < -0.39 is 0 Å². The van der Waals surface area contributed by atoms with Gasteiger partial charge < -0.3 is 4.57 Å². The maximum atomic E-state index is 12.2. The number of hydrogen-bond acceptors (Lipinski definition) is 2. The van der Waals surface area contributed by atoms with Crippen molar-refractivity contribution in [2.24, 2.45) is 5.10 Å². The fourth-order valence-corrected chi connectivity index (χ4v) is 3.98. The third-order valence-corrected chi connectivity index (χ3v) is 5.72. The van der Waals surface area contributed by atoms with Crippen LogP contribution in [0.1, 0.15) is 33.6 Å². The molecule has 4 nitrogen and oxygen atoms in total. The van der Waals surface area contributed by atoms with Crippen LogP contribution in [0.3, 0.4) is 0 Å². The lowest BCUT2D eigenvalue weighted by Crippen LogP contribution is -2.20. The van der Waals surface area contributed by atoms with E-state index in [1.54, 1.807) is 6.21 Å². The van der Waals surface area contributed by atoms with Gasteiger partial charge in [-0.05, 0) is 79.6 Å². The van der Waals surface area contributed by atoms with Crippen molar-refractivity contribution in [3.8, 4) is 5.69 Å². The van der Waals surface area contributed by atoms with Crippen LogP contribution in [0.25, 0.3) is 5.69 Å². The van der Waals surface area contributed by atoms with Gasteiger partial charge in [0.05, 0.1) is 18.3 Å². The van der Waals surface area contributed by atoms with Gasteiger partial charge in [0.15, 0.2) is 0 Å². The van der Waals surface area contributed by atoms with E-state index in [1.165, 1.54) is 9.13 Å². The van der Waals surface area contributed by atoms with Crippen LogP contribution in [0.4, 0.5) is 0 Å². The molecule has 1 amide bonds. The highest BCUT2D eigenvalue weighted by Crippen LogP contribution is 2.23. The van der Waals surface area contributed by atoms with E-state index in [1.807, 2.05) is 38.1 Å². The number of aromatic nitrogens is 1. The summed E-state index contributed by atoms with van der Waals surface area (Å²) in [7, 11) is 0. The first kappa shape index (κ1) is 20.3. The van der Waals surface area contributed by atoms with E-state index in [9.17, 15) is 4.79 Å². The minimum atomic E-state index is -0.116. The number of aryl methyl sites for hydroxylation is 3. The number of para-hydroxylation sites is 1. The van der Waals surface area contributed by atoms with Gasteiger partial charge in [0.2, 0.25) is 5.91 Å². The molecule has 3 aromatic rings. The summed E-state index contributed by atoms with van der Waals surface area (Å²) in [5, 5.41) is 4.18. The van der Waals surface area contributed by atoms with E-state index in [-0.39, 0.29) is 5.91 Å². The quantitative estimate of drug-likeness (QED) is 0.308. The van der Waals surface area contributed by atoms with Crippen molar-refractivity contribution in [3.63, 3.8) is 0 Å². The Bertz CT molecular complexity index is 1050. The molecule has 0 bridgehead atoms. The fourth-order valence-electron chi connectivity index (χ4n) is 3.35. The van der Waals surface area contributed by atoms with Crippen LogP contribution in [-0.4, -0.2) is 16.7 Å². The third-order valence-electron chi connectivity index (χ3n) is 4.81. The number of amides is 1. The highest BCUT2D eigenvalue weighted by molar-refractivity contribution is 14.1. The van der Waals surface area contributed by atoms with Gasteiger partial charge in [-0.2, -0.15) is 5.10 Å². The molecule has 0 aliphatic heterocycles. The van der Waals surface area contributed by atoms with Gasteiger partial charge in [0.25, 0.3) is 0 Å². The van der Waals surface area contributed by atoms with Crippen LogP contribution in [0.2, 0.25) is 0 Å². The zero-order valence-corrected chi connectivity index (χ0v) is 18.7. The summed E-state index contributed by atoms with van der Waals surface area (Å²) in [6, 6.07) is 16.5. The second-order valence-electron chi connectivity index (χ2n) is 7.01. The summed E-state index contributed by atoms with van der Waals surface area (Å²) in [6.45, 7) is 8.22. The van der Waals surface area contributed by atoms with Gasteiger partial charge in [0.1, 0.15) is 0 Å². The smallest absolute Gasteiger partial charge is 0.244 e. The first-order valence-electron chi connectivity index (χ1n) is 9.18. The second kappa shape index (κ2) is 8.73. The van der Waals surface area contributed by atoms with E-state index in [0.29, 0.717) is 6.42 Å². The molecule has 1 N–H and O–H groups in total. The predicted octanol–water partition coefficient (Wildman–Crippen LogP) is 5.01. The van der Waals surface area contributed by atoms with Crippen LogP contribution in [0.5, 0.6) is 0 Å². The molecule has 1 aromatic heterocycles. The van der Waals surface area contributed by atoms with Crippen LogP contribution in [-0.2, 0) is 11.2 Å². The third kappa shape index (κ3) is 4.52. The molecule has 2 aromatic carbocycles. The van der Waals surface area contributed by atoms with Gasteiger partial charge in [-0.15, -0.1) is 0 Å². The molecule has 0 saturated heterocycles. The summed E-state index contributed by atoms with van der Waals surface area (Å²) in [5.74, 6) is -0.116. The lowest BCUT2D eigenvalue weighted by Gasteiger charge is -2.11. The average Bonchev–Trinajstić information content (AvgIpc) is 2.92. The molecule has 0 radical (unpaired) electrons. The molecule has 3 rings (SSSR count). The molecular formula is C23H24IN3O. The Morgan fingerprint density at radius 1 is 1.11 bits per heavy atom.